The third-order valence-corrected chi connectivity index (χ3v) is 2.73. The maximum absolute atomic E-state index is 8.98. The molecule has 0 unspecified atom stereocenters. The molecule has 0 aliphatic heterocycles. The van der Waals surface area contributed by atoms with Crippen molar-refractivity contribution in [1.82, 2.24) is 0 Å². The number of aryl methyl sites for hydroxylation is 1. The highest BCUT2D eigenvalue weighted by Crippen LogP contribution is 2.52. The first-order valence-corrected chi connectivity index (χ1v) is 5.42. The van der Waals surface area contributed by atoms with Gasteiger partial charge in [0.2, 0.25) is 0 Å². The first kappa shape index (κ1) is 8.87. The molecule has 0 atom stereocenters. The molecule has 0 bridgehead atoms. The van der Waals surface area contributed by atoms with Crippen LogP contribution >= 0.6 is 20.5 Å². The molecule has 0 heterocycles. The molecule has 1 aromatic rings. The van der Waals surface area contributed by atoms with E-state index in [0.29, 0.717) is 4.90 Å². The molecule has 0 fully saturated rings. The van der Waals surface area contributed by atoms with Gasteiger partial charge in [-0.2, -0.15) is 0 Å². The molecule has 11 heavy (non-hydrogen) atoms. The van der Waals surface area contributed by atoms with E-state index in [2.05, 4.69) is 0 Å². The van der Waals surface area contributed by atoms with E-state index < -0.39 is 9.80 Å². The van der Waals surface area contributed by atoms with Gasteiger partial charge in [-0.1, -0.05) is 27.5 Å². The minimum atomic E-state index is -3.05. The molecule has 2 nitrogen and oxygen atoms in total. The number of hydrogen-bond donors (Lipinski definition) is 2. The Kier molecular flexibility index (Phi) is 2.44. The highest BCUT2D eigenvalue weighted by atomic mass is 35.7. The fraction of sp³-hybridized carbons (Fsp3) is 0.143. The molecule has 2 N–H and O–H groups in total. The molecule has 1 aromatic carbocycles. The van der Waals surface area contributed by atoms with Gasteiger partial charge in [-0.3, -0.25) is 9.11 Å². The quantitative estimate of drug-likeness (QED) is 0.717. The first-order chi connectivity index (χ1) is 5.00. The van der Waals surface area contributed by atoms with Gasteiger partial charge < -0.3 is 0 Å². The maximum Gasteiger partial charge on any atom is 0.0756 e. The number of halogens is 1. The number of rotatable bonds is 1. The smallest absolute Gasteiger partial charge is 0.0756 e. The van der Waals surface area contributed by atoms with E-state index in [0.717, 1.165) is 5.56 Å². The second-order valence-corrected chi connectivity index (χ2v) is 5.01. The van der Waals surface area contributed by atoms with Crippen molar-refractivity contribution < 1.29 is 9.11 Å². The summed E-state index contributed by atoms with van der Waals surface area (Å²) in [4.78, 5) is 0.366. The van der Waals surface area contributed by atoms with Gasteiger partial charge in [-0.05, 0) is 19.1 Å². The SMILES string of the molecule is Cc1ccc(S(O)(O)Cl)cc1. The molecular weight excluding hydrogens is 184 g/mol. The average Bonchev–Trinajstić information content (AvgIpc) is 1.86. The van der Waals surface area contributed by atoms with Gasteiger partial charge in [0, 0.05) is 10.7 Å². The van der Waals surface area contributed by atoms with Crippen molar-refractivity contribution >= 4 is 20.5 Å². The normalized spacial score (nSPS) is 13.1. The van der Waals surface area contributed by atoms with Gasteiger partial charge in [0.1, 0.15) is 0 Å². The summed E-state index contributed by atoms with van der Waals surface area (Å²) in [5.41, 5.74) is 1.06. The minimum absolute atomic E-state index is 0.366. The molecule has 62 valence electrons. The van der Waals surface area contributed by atoms with Gasteiger partial charge in [0.05, 0.1) is 4.90 Å². The average molecular weight is 193 g/mol. The lowest BCUT2D eigenvalue weighted by molar-refractivity contribution is 0.507. The Bertz CT molecular complexity index is 240. The van der Waals surface area contributed by atoms with Crippen LogP contribution < -0.4 is 0 Å². The molecule has 0 aliphatic carbocycles. The Morgan fingerprint density at radius 3 is 2.00 bits per heavy atom. The van der Waals surface area contributed by atoms with Crippen LogP contribution in [0.3, 0.4) is 0 Å². The van der Waals surface area contributed by atoms with Crippen molar-refractivity contribution in [2.45, 2.75) is 11.8 Å². The highest BCUT2D eigenvalue weighted by molar-refractivity contribution is 8.43. The van der Waals surface area contributed by atoms with E-state index in [1.807, 2.05) is 6.92 Å². The Labute approximate surface area is 71.7 Å². The van der Waals surface area contributed by atoms with Crippen molar-refractivity contribution in [3.05, 3.63) is 29.8 Å². The van der Waals surface area contributed by atoms with Crippen LogP contribution in [0.2, 0.25) is 0 Å². The monoisotopic (exact) mass is 192 g/mol. The third kappa shape index (κ3) is 2.38. The number of hydrogen-bond acceptors (Lipinski definition) is 2. The predicted molar refractivity (Wildman–Crippen MR) is 48.1 cm³/mol. The van der Waals surface area contributed by atoms with E-state index in [9.17, 15) is 0 Å². The molecule has 0 saturated carbocycles. The molecule has 0 aliphatic rings. The second-order valence-electron chi connectivity index (χ2n) is 2.29. The van der Waals surface area contributed by atoms with Gasteiger partial charge >= 0.3 is 0 Å². The predicted octanol–water partition coefficient (Wildman–Crippen LogP) is 3.26. The van der Waals surface area contributed by atoms with Crippen LogP contribution in [0.15, 0.2) is 29.2 Å². The summed E-state index contributed by atoms with van der Waals surface area (Å²) in [6, 6.07) is 6.78. The Morgan fingerprint density at radius 1 is 1.18 bits per heavy atom. The summed E-state index contributed by atoms with van der Waals surface area (Å²) in [5.74, 6) is 0. The van der Waals surface area contributed by atoms with Crippen LogP contribution in [0, 0.1) is 6.92 Å². The van der Waals surface area contributed by atoms with E-state index in [1.54, 1.807) is 24.3 Å². The standard InChI is InChI=1S/C7H9ClO2S/c1-6-2-4-7(5-3-6)11(8,9)10/h2-5,9-10H,1H3. The lowest BCUT2D eigenvalue weighted by Crippen LogP contribution is -1.87. The van der Waals surface area contributed by atoms with Crippen LogP contribution in [0.1, 0.15) is 5.56 Å². The fourth-order valence-electron chi connectivity index (χ4n) is 0.711. The van der Waals surface area contributed by atoms with Crippen LogP contribution in [0.5, 0.6) is 0 Å². The summed E-state index contributed by atoms with van der Waals surface area (Å²) in [7, 11) is 2.26. The number of benzene rings is 1. The van der Waals surface area contributed by atoms with Crippen LogP contribution in [0.4, 0.5) is 0 Å². The van der Waals surface area contributed by atoms with Crippen LogP contribution in [0.25, 0.3) is 0 Å². The van der Waals surface area contributed by atoms with Crippen molar-refractivity contribution in [2.75, 3.05) is 0 Å². The first-order valence-electron chi connectivity index (χ1n) is 3.04. The summed E-state index contributed by atoms with van der Waals surface area (Å²) in [6.45, 7) is 1.92. The second kappa shape index (κ2) is 3.03. The van der Waals surface area contributed by atoms with Crippen LogP contribution in [-0.2, 0) is 0 Å². The van der Waals surface area contributed by atoms with Gasteiger partial charge in [0.15, 0.2) is 0 Å². The highest BCUT2D eigenvalue weighted by Gasteiger charge is 2.09. The van der Waals surface area contributed by atoms with E-state index in [4.69, 9.17) is 19.8 Å². The molecular formula is C7H9ClO2S. The molecule has 0 amide bonds. The van der Waals surface area contributed by atoms with E-state index in [1.165, 1.54) is 0 Å². The Balaban J connectivity index is 2.99. The molecule has 1 rings (SSSR count). The Morgan fingerprint density at radius 2 is 1.64 bits per heavy atom. The van der Waals surface area contributed by atoms with Gasteiger partial charge in [0.25, 0.3) is 0 Å². The van der Waals surface area contributed by atoms with Crippen molar-refractivity contribution in [2.24, 2.45) is 0 Å². The van der Waals surface area contributed by atoms with Crippen molar-refractivity contribution in [1.29, 1.82) is 0 Å². The summed E-state index contributed by atoms with van der Waals surface area (Å²) in [5, 5.41) is 0. The van der Waals surface area contributed by atoms with E-state index >= 15 is 0 Å². The largest absolute Gasteiger partial charge is 0.281 e. The molecule has 0 saturated heterocycles. The maximum atomic E-state index is 8.98. The summed E-state index contributed by atoms with van der Waals surface area (Å²) >= 11 is 0. The molecule has 0 radical (unpaired) electrons. The summed E-state index contributed by atoms with van der Waals surface area (Å²) in [6.07, 6.45) is 0. The fourth-order valence-corrected chi connectivity index (χ4v) is 1.50. The van der Waals surface area contributed by atoms with Crippen molar-refractivity contribution in [3.63, 3.8) is 0 Å². The van der Waals surface area contributed by atoms with Crippen molar-refractivity contribution in [3.8, 4) is 0 Å². The molecule has 0 aromatic heterocycles. The lowest BCUT2D eigenvalue weighted by atomic mass is 10.2. The molecule has 4 heteroatoms. The summed E-state index contributed by atoms with van der Waals surface area (Å²) < 4.78 is 18.0. The zero-order chi connectivity index (χ0) is 8.48. The topological polar surface area (TPSA) is 40.5 Å². The van der Waals surface area contributed by atoms with E-state index in [-0.39, 0.29) is 0 Å². The van der Waals surface area contributed by atoms with Gasteiger partial charge in [-0.15, -0.1) is 0 Å². The van der Waals surface area contributed by atoms with Gasteiger partial charge in [-0.25, -0.2) is 0 Å². The zero-order valence-corrected chi connectivity index (χ0v) is 7.56. The lowest BCUT2D eigenvalue weighted by Gasteiger charge is -2.22. The minimum Gasteiger partial charge on any atom is -0.281 e. The zero-order valence-electron chi connectivity index (χ0n) is 5.99. The third-order valence-electron chi connectivity index (χ3n) is 1.32. The molecule has 0 spiro atoms. The Hall–Kier alpha value is -0.220. The van der Waals surface area contributed by atoms with Crippen LogP contribution in [-0.4, -0.2) is 9.11 Å².